The van der Waals surface area contributed by atoms with E-state index < -0.39 is 17.3 Å². The molecule has 0 saturated heterocycles. The molecule has 37 heavy (non-hydrogen) atoms. The van der Waals surface area contributed by atoms with Crippen LogP contribution in [0.3, 0.4) is 0 Å². The average Bonchev–Trinajstić information content (AvgIpc) is 2.91. The van der Waals surface area contributed by atoms with E-state index in [0.29, 0.717) is 29.4 Å². The first kappa shape index (κ1) is 25.8. The fourth-order valence-corrected chi connectivity index (χ4v) is 3.62. The number of carbonyl (C=O) groups excluding carboxylic acids is 1. The molecule has 0 spiro atoms. The number of nitrogens with one attached hydrogen (secondary N) is 2. The van der Waals surface area contributed by atoms with E-state index >= 15 is 0 Å². The topological polar surface area (TPSA) is 156 Å². The minimum absolute atomic E-state index is 0.0177. The van der Waals surface area contributed by atoms with Crippen molar-refractivity contribution in [2.24, 2.45) is 18.0 Å². The van der Waals surface area contributed by atoms with Crippen molar-refractivity contribution >= 4 is 23.2 Å². The van der Waals surface area contributed by atoms with Gasteiger partial charge in [-0.3, -0.25) is 14.3 Å². The van der Waals surface area contributed by atoms with E-state index in [2.05, 4.69) is 25.5 Å². The Morgan fingerprint density at radius 3 is 2.68 bits per heavy atom. The van der Waals surface area contributed by atoms with Crippen LogP contribution in [0.4, 0.5) is 5.69 Å². The van der Waals surface area contributed by atoms with Gasteiger partial charge in [0.15, 0.2) is 5.69 Å². The summed E-state index contributed by atoms with van der Waals surface area (Å²) in [6, 6.07) is 9.54. The molecule has 3 N–H and O–H groups in total. The zero-order chi connectivity index (χ0) is 26.4. The van der Waals surface area contributed by atoms with Crippen LogP contribution in [0.2, 0.25) is 0 Å². The molecule has 4 rings (SSSR count). The van der Waals surface area contributed by atoms with Crippen LogP contribution in [0.25, 0.3) is 0 Å². The van der Waals surface area contributed by atoms with Gasteiger partial charge in [-0.05, 0) is 48.7 Å². The van der Waals surface area contributed by atoms with Crippen LogP contribution in [0.1, 0.15) is 16.9 Å². The van der Waals surface area contributed by atoms with E-state index in [9.17, 15) is 14.4 Å². The number of aliphatic hydroxyl groups is 1. The van der Waals surface area contributed by atoms with Gasteiger partial charge in [-0.1, -0.05) is 23.8 Å². The molecule has 0 aliphatic heterocycles. The second-order valence-corrected chi connectivity index (χ2v) is 8.53. The molecule has 13 heteroatoms. The lowest BCUT2D eigenvalue weighted by molar-refractivity contribution is 0.0938. The van der Waals surface area contributed by atoms with Crippen molar-refractivity contribution in [1.29, 1.82) is 0 Å². The average molecular weight is 526 g/mol. The number of aromatic amines is 1. The molecule has 1 aromatic carbocycles. The highest BCUT2D eigenvalue weighted by Crippen LogP contribution is 2.22. The van der Waals surface area contributed by atoms with Crippen LogP contribution in [0.5, 0.6) is 11.6 Å². The summed E-state index contributed by atoms with van der Waals surface area (Å²) in [5.74, 6) is 0.174. The minimum Gasteiger partial charge on any atom is -0.438 e. The number of nitrogens with zero attached hydrogens (tertiary/aromatic N) is 5. The van der Waals surface area contributed by atoms with Crippen molar-refractivity contribution in [3.63, 3.8) is 0 Å². The minimum atomic E-state index is -0.575. The standard InChI is InChI=1S/C24H24ClN7O5/c1-31-23(35)28-22(32(24(31)36)14-15-2-4-16(25)5-3-15)27-17-6-8-18(9-7-17)37-20-11-10-19(29-30-20)21(34)26-12-13-33/h2,4-11,15,33H,3,12-14H2,1H3,(H,26,34)(H,27,28,35). The Morgan fingerprint density at radius 1 is 1.24 bits per heavy atom. The lowest BCUT2D eigenvalue weighted by Gasteiger charge is -2.16. The molecule has 1 aliphatic rings. The normalized spacial score (nSPS) is 15.4. The molecule has 12 nitrogen and oxygen atoms in total. The SMILES string of the molecule is Cn1c(=O)[nH]/c(=N\c2ccc(Oc3ccc(C(=O)NCCO)nn3)cc2)n(CC2C=CC(Cl)=CC2)c1=O. The predicted molar refractivity (Wildman–Crippen MR) is 135 cm³/mol. The van der Waals surface area contributed by atoms with Crippen molar-refractivity contribution in [2.75, 3.05) is 13.2 Å². The molecular weight excluding hydrogens is 502 g/mol. The number of H-pyrrole nitrogens is 1. The Labute approximate surface area is 215 Å². The zero-order valence-corrected chi connectivity index (χ0v) is 20.6. The molecule has 0 radical (unpaired) electrons. The summed E-state index contributed by atoms with van der Waals surface area (Å²) in [7, 11) is 1.40. The van der Waals surface area contributed by atoms with Gasteiger partial charge < -0.3 is 15.2 Å². The quantitative estimate of drug-likeness (QED) is 0.397. The predicted octanol–water partition coefficient (Wildman–Crippen LogP) is 1.11. The van der Waals surface area contributed by atoms with Gasteiger partial charge in [-0.2, -0.15) is 0 Å². The van der Waals surface area contributed by atoms with Gasteiger partial charge in [-0.15, -0.1) is 10.2 Å². The Kier molecular flexibility index (Phi) is 8.11. The van der Waals surface area contributed by atoms with E-state index in [0.717, 1.165) is 4.57 Å². The maximum atomic E-state index is 12.8. The lowest BCUT2D eigenvalue weighted by Crippen LogP contribution is -2.49. The van der Waals surface area contributed by atoms with Crippen molar-refractivity contribution in [1.82, 2.24) is 29.6 Å². The first-order valence-electron chi connectivity index (χ1n) is 11.3. The molecule has 1 unspecified atom stereocenters. The van der Waals surface area contributed by atoms with Crippen molar-refractivity contribution in [3.8, 4) is 11.6 Å². The number of allylic oxidation sites excluding steroid dienone is 4. The Morgan fingerprint density at radius 2 is 2.03 bits per heavy atom. The van der Waals surface area contributed by atoms with E-state index in [1.807, 2.05) is 12.2 Å². The van der Waals surface area contributed by atoms with Crippen molar-refractivity contribution < 1.29 is 14.6 Å². The summed E-state index contributed by atoms with van der Waals surface area (Å²) in [6.07, 6.45) is 6.24. The smallest absolute Gasteiger partial charge is 0.334 e. The Hall–Kier alpha value is -4.29. The number of carbonyl (C=O) groups is 1. The van der Waals surface area contributed by atoms with Gasteiger partial charge in [0.2, 0.25) is 11.5 Å². The maximum Gasteiger partial charge on any atom is 0.334 e. The first-order chi connectivity index (χ1) is 17.8. The Bertz CT molecular complexity index is 1520. The molecule has 3 aromatic rings. The molecular formula is C24H24ClN7O5. The number of amides is 1. The Balaban J connectivity index is 1.53. The number of benzene rings is 1. The van der Waals surface area contributed by atoms with E-state index in [1.54, 1.807) is 30.3 Å². The van der Waals surface area contributed by atoms with Crippen LogP contribution in [0, 0.1) is 5.92 Å². The van der Waals surface area contributed by atoms with Crippen LogP contribution in [0.15, 0.2) is 74.2 Å². The summed E-state index contributed by atoms with van der Waals surface area (Å²) in [5, 5.41) is 19.6. The number of halogens is 1. The highest BCUT2D eigenvalue weighted by molar-refractivity contribution is 6.31. The van der Waals surface area contributed by atoms with Gasteiger partial charge in [0, 0.05) is 31.2 Å². The van der Waals surface area contributed by atoms with E-state index in [-0.39, 0.29) is 36.3 Å². The van der Waals surface area contributed by atoms with Gasteiger partial charge in [0.05, 0.1) is 12.3 Å². The molecule has 192 valence electrons. The number of hydrogen-bond donors (Lipinski definition) is 3. The molecule has 0 bridgehead atoms. The van der Waals surface area contributed by atoms with Crippen molar-refractivity contribution in [2.45, 2.75) is 13.0 Å². The summed E-state index contributed by atoms with van der Waals surface area (Å²) < 4.78 is 8.07. The summed E-state index contributed by atoms with van der Waals surface area (Å²) in [5.41, 5.74) is -0.363. The second kappa shape index (κ2) is 11.6. The van der Waals surface area contributed by atoms with Gasteiger partial charge in [-0.25, -0.2) is 19.1 Å². The van der Waals surface area contributed by atoms with Crippen molar-refractivity contribution in [3.05, 3.63) is 91.9 Å². The summed E-state index contributed by atoms with van der Waals surface area (Å²) in [6.45, 7) is 0.253. The number of ether oxygens (including phenoxy) is 1. The third-order valence-electron chi connectivity index (χ3n) is 5.42. The van der Waals surface area contributed by atoms with Gasteiger partial charge >= 0.3 is 11.4 Å². The van der Waals surface area contributed by atoms with Crippen LogP contribution in [-0.2, 0) is 13.6 Å². The zero-order valence-electron chi connectivity index (χ0n) is 19.8. The molecule has 1 aliphatic carbocycles. The molecule has 1 atom stereocenters. The van der Waals surface area contributed by atoms with Crippen LogP contribution < -0.4 is 27.1 Å². The second-order valence-electron chi connectivity index (χ2n) is 8.09. The lowest BCUT2D eigenvalue weighted by atomic mass is 10.0. The number of aromatic nitrogens is 5. The van der Waals surface area contributed by atoms with E-state index in [1.165, 1.54) is 23.7 Å². The van der Waals surface area contributed by atoms with Crippen LogP contribution in [-0.4, -0.2) is 48.5 Å². The molecule has 1 amide bonds. The molecule has 2 aromatic heterocycles. The third kappa shape index (κ3) is 6.48. The fraction of sp³-hybridized carbons (Fsp3) is 0.250. The molecule has 0 fully saturated rings. The molecule has 2 heterocycles. The third-order valence-corrected chi connectivity index (χ3v) is 5.70. The van der Waals surface area contributed by atoms with Gasteiger partial charge in [0.1, 0.15) is 5.75 Å². The number of rotatable bonds is 8. The van der Waals surface area contributed by atoms with Gasteiger partial charge in [0.25, 0.3) is 5.91 Å². The van der Waals surface area contributed by atoms with Crippen LogP contribution >= 0.6 is 11.6 Å². The highest BCUT2D eigenvalue weighted by Gasteiger charge is 2.14. The maximum absolute atomic E-state index is 12.8. The largest absolute Gasteiger partial charge is 0.438 e. The first-order valence-corrected chi connectivity index (χ1v) is 11.7. The summed E-state index contributed by atoms with van der Waals surface area (Å²) in [4.78, 5) is 44.0. The number of hydrogen-bond acceptors (Lipinski definition) is 8. The molecule has 0 saturated carbocycles. The van der Waals surface area contributed by atoms with E-state index in [4.69, 9.17) is 21.4 Å². The highest BCUT2D eigenvalue weighted by atomic mass is 35.5. The monoisotopic (exact) mass is 525 g/mol. The number of aliphatic hydroxyl groups excluding tert-OH is 1. The summed E-state index contributed by atoms with van der Waals surface area (Å²) >= 11 is 6.00. The fourth-order valence-electron chi connectivity index (χ4n) is 3.45.